The Labute approximate surface area is 89.4 Å². The Kier molecular flexibility index (Phi) is 2.93. The lowest BCUT2D eigenvalue weighted by Gasteiger charge is -2.26. The Bertz CT molecular complexity index is 318. The molecule has 0 bridgehead atoms. The highest BCUT2D eigenvalue weighted by molar-refractivity contribution is 5.24. The summed E-state index contributed by atoms with van der Waals surface area (Å²) in [6, 6.07) is 0. The molecule has 1 aromatic rings. The summed E-state index contributed by atoms with van der Waals surface area (Å²) < 4.78 is 13.0. The molecule has 0 amide bonds. The largest absolute Gasteiger partial charge is 0.378 e. The number of aromatic nitrogens is 2. The zero-order valence-electron chi connectivity index (χ0n) is 9.19. The molecule has 2 rings (SSSR count). The van der Waals surface area contributed by atoms with Crippen molar-refractivity contribution in [3.8, 4) is 0 Å². The molecule has 0 radical (unpaired) electrons. The van der Waals surface area contributed by atoms with Crippen molar-refractivity contribution in [2.24, 2.45) is 0 Å². The monoisotopic (exact) mass is 211 g/mol. The van der Waals surface area contributed by atoms with E-state index in [2.05, 4.69) is 14.9 Å². The first-order valence-corrected chi connectivity index (χ1v) is 5.11. The van der Waals surface area contributed by atoms with Crippen LogP contribution in [0.5, 0.6) is 0 Å². The molecule has 15 heavy (non-hydrogen) atoms. The molecule has 1 aliphatic heterocycles. The first-order chi connectivity index (χ1) is 7.29. The van der Waals surface area contributed by atoms with Gasteiger partial charge in [-0.1, -0.05) is 0 Å². The molecule has 2 heterocycles. The molecular weight excluding hydrogens is 194 g/mol. The maximum Gasteiger partial charge on any atom is 0.202 e. The Morgan fingerprint density at radius 2 is 2.60 bits per heavy atom. The van der Waals surface area contributed by atoms with Crippen molar-refractivity contribution < 1.29 is 9.47 Å². The van der Waals surface area contributed by atoms with Crippen molar-refractivity contribution in [1.29, 1.82) is 0 Å². The fraction of sp³-hybridized carbons (Fsp3) is 0.700. The Morgan fingerprint density at radius 3 is 3.20 bits per heavy atom. The molecular formula is C10H17N3O2. The van der Waals surface area contributed by atoms with Crippen molar-refractivity contribution in [3.05, 3.63) is 12.4 Å². The summed E-state index contributed by atoms with van der Waals surface area (Å²) in [7, 11) is 3.61. The van der Waals surface area contributed by atoms with Crippen LogP contribution in [0.1, 0.15) is 6.42 Å². The van der Waals surface area contributed by atoms with Gasteiger partial charge >= 0.3 is 0 Å². The second kappa shape index (κ2) is 4.20. The van der Waals surface area contributed by atoms with Crippen LogP contribution in [0.3, 0.4) is 0 Å². The number of imidazole rings is 1. The van der Waals surface area contributed by atoms with E-state index in [9.17, 15) is 0 Å². The van der Waals surface area contributed by atoms with Gasteiger partial charge in [0.05, 0.1) is 13.2 Å². The first-order valence-electron chi connectivity index (χ1n) is 5.11. The molecule has 0 saturated carbocycles. The number of hydrogen-bond donors (Lipinski definition) is 1. The fourth-order valence-electron chi connectivity index (χ4n) is 1.91. The third-order valence-corrected chi connectivity index (χ3v) is 2.90. The predicted molar refractivity (Wildman–Crippen MR) is 56.9 cm³/mol. The van der Waals surface area contributed by atoms with Crippen LogP contribution in [-0.2, 0) is 16.0 Å². The zero-order chi connectivity index (χ0) is 10.7. The Balaban J connectivity index is 2.12. The fourth-order valence-corrected chi connectivity index (χ4v) is 1.91. The molecule has 1 aromatic heterocycles. The molecule has 1 N–H and O–H groups in total. The highest BCUT2D eigenvalue weighted by Gasteiger charge is 2.35. The minimum atomic E-state index is -0.188. The molecule has 0 aromatic carbocycles. The normalized spacial score (nSPS) is 25.7. The molecule has 5 heteroatoms. The van der Waals surface area contributed by atoms with E-state index in [0.717, 1.165) is 25.5 Å². The van der Waals surface area contributed by atoms with Crippen LogP contribution in [0.2, 0.25) is 0 Å². The number of anilines is 1. The average molecular weight is 211 g/mol. The molecule has 5 nitrogen and oxygen atoms in total. The SMILES string of the molecule is CNc1nccn1CC1(OC)CCOC1. The third kappa shape index (κ3) is 1.98. The van der Waals surface area contributed by atoms with E-state index in [1.165, 1.54) is 0 Å². The second-order valence-corrected chi connectivity index (χ2v) is 3.82. The van der Waals surface area contributed by atoms with Crippen LogP contribution in [0, 0.1) is 0 Å². The summed E-state index contributed by atoms with van der Waals surface area (Å²) in [4.78, 5) is 4.20. The van der Waals surface area contributed by atoms with Crippen LogP contribution in [0.4, 0.5) is 5.95 Å². The van der Waals surface area contributed by atoms with Crippen molar-refractivity contribution in [3.63, 3.8) is 0 Å². The lowest BCUT2D eigenvalue weighted by Crippen LogP contribution is -2.37. The predicted octanol–water partition coefficient (Wildman–Crippen LogP) is 0.730. The lowest BCUT2D eigenvalue weighted by molar-refractivity contribution is -0.0291. The smallest absolute Gasteiger partial charge is 0.202 e. The number of ether oxygens (including phenoxy) is 2. The summed E-state index contributed by atoms with van der Waals surface area (Å²) in [6.07, 6.45) is 4.67. The molecule has 84 valence electrons. The molecule has 1 fully saturated rings. The molecule has 1 aliphatic rings. The standard InChI is InChI=1S/C10H17N3O2/c1-11-9-12-4-5-13(9)7-10(14-2)3-6-15-8-10/h4-5H,3,6-8H2,1-2H3,(H,11,12). The van der Waals surface area contributed by atoms with E-state index in [1.54, 1.807) is 13.3 Å². The van der Waals surface area contributed by atoms with Crippen LogP contribution in [0.15, 0.2) is 12.4 Å². The van der Waals surface area contributed by atoms with Gasteiger partial charge in [-0.2, -0.15) is 0 Å². The van der Waals surface area contributed by atoms with Crippen LogP contribution < -0.4 is 5.32 Å². The maximum absolute atomic E-state index is 5.57. The highest BCUT2D eigenvalue weighted by atomic mass is 16.5. The van der Waals surface area contributed by atoms with Crippen LogP contribution in [0.25, 0.3) is 0 Å². The Hall–Kier alpha value is -1.07. The van der Waals surface area contributed by atoms with Crippen molar-refractivity contribution >= 4 is 5.95 Å². The summed E-state index contributed by atoms with van der Waals surface area (Å²) in [5, 5.41) is 3.05. The average Bonchev–Trinajstić information content (AvgIpc) is 2.88. The van der Waals surface area contributed by atoms with Crippen LogP contribution in [-0.4, -0.2) is 42.5 Å². The van der Waals surface area contributed by atoms with Gasteiger partial charge in [-0.15, -0.1) is 0 Å². The number of rotatable bonds is 4. The van der Waals surface area contributed by atoms with Crippen molar-refractivity contribution in [2.75, 3.05) is 32.7 Å². The molecule has 0 aliphatic carbocycles. The topological polar surface area (TPSA) is 48.3 Å². The van der Waals surface area contributed by atoms with Gasteiger partial charge < -0.3 is 19.4 Å². The molecule has 0 spiro atoms. The van der Waals surface area contributed by atoms with Gasteiger partial charge in [0.25, 0.3) is 0 Å². The Morgan fingerprint density at radius 1 is 1.73 bits per heavy atom. The second-order valence-electron chi connectivity index (χ2n) is 3.82. The highest BCUT2D eigenvalue weighted by Crippen LogP contribution is 2.25. The minimum Gasteiger partial charge on any atom is -0.378 e. The third-order valence-electron chi connectivity index (χ3n) is 2.90. The van der Waals surface area contributed by atoms with Gasteiger partial charge in [-0.05, 0) is 0 Å². The van der Waals surface area contributed by atoms with Gasteiger partial charge in [0.15, 0.2) is 0 Å². The van der Waals surface area contributed by atoms with E-state index in [-0.39, 0.29) is 5.60 Å². The van der Waals surface area contributed by atoms with Gasteiger partial charge in [0.2, 0.25) is 5.95 Å². The van der Waals surface area contributed by atoms with Crippen LogP contribution >= 0.6 is 0 Å². The van der Waals surface area contributed by atoms with E-state index in [4.69, 9.17) is 9.47 Å². The summed E-state index contributed by atoms with van der Waals surface area (Å²) in [5.41, 5.74) is -0.188. The first kappa shape index (κ1) is 10.4. The van der Waals surface area contributed by atoms with E-state index in [0.29, 0.717) is 6.61 Å². The van der Waals surface area contributed by atoms with Gasteiger partial charge in [-0.25, -0.2) is 4.98 Å². The molecule has 1 unspecified atom stereocenters. The zero-order valence-corrected chi connectivity index (χ0v) is 9.19. The van der Waals surface area contributed by atoms with E-state index in [1.807, 2.05) is 13.2 Å². The number of methoxy groups -OCH3 is 1. The number of nitrogens with zero attached hydrogens (tertiary/aromatic N) is 2. The number of nitrogens with one attached hydrogen (secondary N) is 1. The van der Waals surface area contributed by atoms with Gasteiger partial charge in [-0.3, -0.25) is 0 Å². The number of hydrogen-bond acceptors (Lipinski definition) is 4. The van der Waals surface area contributed by atoms with E-state index < -0.39 is 0 Å². The molecule has 1 saturated heterocycles. The lowest BCUT2D eigenvalue weighted by atomic mass is 10.0. The molecule has 1 atom stereocenters. The maximum atomic E-state index is 5.57. The van der Waals surface area contributed by atoms with Crippen molar-refractivity contribution in [1.82, 2.24) is 9.55 Å². The summed E-state index contributed by atoms with van der Waals surface area (Å²) in [6.45, 7) is 2.21. The quantitative estimate of drug-likeness (QED) is 0.797. The van der Waals surface area contributed by atoms with Gasteiger partial charge in [0, 0.05) is 39.6 Å². The van der Waals surface area contributed by atoms with E-state index >= 15 is 0 Å². The summed E-state index contributed by atoms with van der Waals surface area (Å²) >= 11 is 0. The van der Waals surface area contributed by atoms with Crippen molar-refractivity contribution in [2.45, 2.75) is 18.6 Å². The minimum absolute atomic E-state index is 0.188. The van der Waals surface area contributed by atoms with Gasteiger partial charge in [0.1, 0.15) is 5.60 Å². The summed E-state index contributed by atoms with van der Waals surface area (Å²) in [5.74, 6) is 0.860.